The summed E-state index contributed by atoms with van der Waals surface area (Å²) in [7, 11) is 0. The molecule has 0 spiro atoms. The Kier molecular flexibility index (Phi) is 6.82. The number of piperazine rings is 2. The molecule has 2 saturated heterocycles. The van der Waals surface area contributed by atoms with Gasteiger partial charge in [-0.05, 0) is 24.6 Å². The van der Waals surface area contributed by atoms with E-state index in [9.17, 15) is 19.2 Å². The van der Waals surface area contributed by atoms with Crippen LogP contribution in [0.3, 0.4) is 0 Å². The highest BCUT2D eigenvalue weighted by Gasteiger charge is 2.35. The smallest absolute Gasteiger partial charge is 0.243 e. The first-order chi connectivity index (χ1) is 14.0. The number of anilines is 1. The number of amides is 4. The molecule has 2 aliphatic heterocycles. The first kappa shape index (κ1) is 20.8. The summed E-state index contributed by atoms with van der Waals surface area (Å²) in [5.41, 5.74) is 1.68. The van der Waals surface area contributed by atoms with E-state index in [1.54, 1.807) is 11.0 Å². The zero-order valence-corrected chi connectivity index (χ0v) is 16.6. The van der Waals surface area contributed by atoms with Crippen LogP contribution in [0.2, 0.25) is 0 Å². The van der Waals surface area contributed by atoms with Gasteiger partial charge in [-0.15, -0.1) is 0 Å². The maximum atomic E-state index is 12.8. The van der Waals surface area contributed by atoms with Crippen LogP contribution in [-0.4, -0.2) is 90.7 Å². The molecule has 1 aromatic carbocycles. The van der Waals surface area contributed by atoms with Crippen molar-refractivity contribution in [3.63, 3.8) is 0 Å². The first-order valence-corrected chi connectivity index (χ1v) is 9.81. The predicted octanol–water partition coefficient (Wildman–Crippen LogP) is -0.575. The Morgan fingerprint density at radius 3 is 2.66 bits per heavy atom. The lowest BCUT2D eigenvalue weighted by Crippen LogP contribution is -2.60. The second-order valence-corrected chi connectivity index (χ2v) is 7.43. The van der Waals surface area contributed by atoms with Gasteiger partial charge in [0.15, 0.2) is 0 Å². The largest absolute Gasteiger partial charge is 0.353 e. The first-order valence-electron chi connectivity index (χ1n) is 9.81. The van der Waals surface area contributed by atoms with Crippen molar-refractivity contribution in [1.29, 1.82) is 0 Å². The van der Waals surface area contributed by atoms with Crippen LogP contribution >= 0.6 is 0 Å². The molecule has 4 amide bonds. The van der Waals surface area contributed by atoms with Gasteiger partial charge in [-0.2, -0.15) is 0 Å². The quantitative estimate of drug-likeness (QED) is 0.622. The number of aryl methyl sites for hydroxylation is 1. The van der Waals surface area contributed by atoms with Gasteiger partial charge in [-0.3, -0.25) is 24.1 Å². The van der Waals surface area contributed by atoms with Crippen molar-refractivity contribution < 1.29 is 19.2 Å². The molecule has 0 aromatic heterocycles. The topological polar surface area (TPSA) is 102 Å². The Bertz CT molecular complexity index is 776. The van der Waals surface area contributed by atoms with Crippen LogP contribution in [-0.2, 0) is 19.2 Å². The van der Waals surface area contributed by atoms with Gasteiger partial charge >= 0.3 is 0 Å². The highest BCUT2D eigenvalue weighted by molar-refractivity contribution is 5.97. The number of hydrogen-bond acceptors (Lipinski definition) is 5. The second-order valence-electron chi connectivity index (χ2n) is 7.43. The van der Waals surface area contributed by atoms with Crippen molar-refractivity contribution in [2.24, 2.45) is 0 Å². The van der Waals surface area contributed by atoms with Crippen molar-refractivity contribution in [3.05, 3.63) is 29.8 Å². The third kappa shape index (κ3) is 5.54. The van der Waals surface area contributed by atoms with E-state index in [1.807, 2.05) is 30.0 Å². The van der Waals surface area contributed by atoms with Crippen LogP contribution in [0.25, 0.3) is 0 Å². The number of carbonyl (C=O) groups is 4. The lowest BCUT2D eigenvalue weighted by Gasteiger charge is -2.37. The number of carbonyl (C=O) groups excluding carboxylic acids is 4. The third-order valence-corrected chi connectivity index (χ3v) is 5.25. The van der Waals surface area contributed by atoms with Gasteiger partial charge in [0.25, 0.3) is 0 Å². The van der Waals surface area contributed by atoms with Crippen LogP contribution in [0, 0.1) is 6.92 Å². The molecule has 9 nitrogen and oxygen atoms in total. The van der Waals surface area contributed by atoms with Crippen LogP contribution in [0.4, 0.5) is 5.69 Å². The summed E-state index contributed by atoms with van der Waals surface area (Å²) < 4.78 is 0. The molecular formula is C20H27N5O4. The van der Waals surface area contributed by atoms with E-state index in [1.165, 1.54) is 4.90 Å². The van der Waals surface area contributed by atoms with Gasteiger partial charge in [-0.25, -0.2) is 0 Å². The van der Waals surface area contributed by atoms with Crippen molar-refractivity contribution in [3.8, 4) is 0 Å². The van der Waals surface area contributed by atoms with Crippen molar-refractivity contribution in [2.75, 3.05) is 51.1 Å². The Morgan fingerprint density at radius 2 is 1.97 bits per heavy atom. The van der Waals surface area contributed by atoms with Crippen LogP contribution < -0.4 is 10.6 Å². The minimum absolute atomic E-state index is 0.0928. The van der Waals surface area contributed by atoms with E-state index in [0.29, 0.717) is 45.0 Å². The second kappa shape index (κ2) is 9.51. The van der Waals surface area contributed by atoms with Gasteiger partial charge in [0.05, 0.1) is 13.0 Å². The van der Waals surface area contributed by atoms with Gasteiger partial charge in [0.1, 0.15) is 6.04 Å². The fraction of sp³-hybridized carbons (Fsp3) is 0.500. The number of nitrogens with zero attached hydrogens (tertiary/aromatic N) is 3. The minimum atomic E-state index is -0.822. The average Bonchev–Trinajstić information content (AvgIpc) is 2.70. The van der Waals surface area contributed by atoms with E-state index < -0.39 is 6.04 Å². The van der Waals surface area contributed by atoms with E-state index in [-0.39, 0.29) is 30.7 Å². The number of rotatable bonds is 6. The Hall–Kier alpha value is -2.94. The summed E-state index contributed by atoms with van der Waals surface area (Å²) in [6.45, 7) is 5.25. The summed E-state index contributed by atoms with van der Waals surface area (Å²) in [6.07, 6.45) is 0.724. The van der Waals surface area contributed by atoms with E-state index in [2.05, 4.69) is 10.6 Å². The summed E-state index contributed by atoms with van der Waals surface area (Å²) in [5, 5.41) is 5.54. The maximum Gasteiger partial charge on any atom is 0.243 e. The highest BCUT2D eigenvalue weighted by Crippen LogP contribution is 2.14. The molecule has 0 unspecified atom stereocenters. The molecule has 2 heterocycles. The molecule has 0 aliphatic carbocycles. The molecule has 0 saturated carbocycles. The van der Waals surface area contributed by atoms with E-state index in [4.69, 9.17) is 0 Å². The van der Waals surface area contributed by atoms with Gasteiger partial charge in [-0.1, -0.05) is 12.1 Å². The number of benzene rings is 1. The van der Waals surface area contributed by atoms with E-state index >= 15 is 0 Å². The molecule has 156 valence electrons. The van der Waals surface area contributed by atoms with Crippen LogP contribution in [0.15, 0.2) is 24.3 Å². The number of hydrogen-bond donors (Lipinski definition) is 2. The Morgan fingerprint density at radius 1 is 1.21 bits per heavy atom. The minimum Gasteiger partial charge on any atom is -0.353 e. The average molecular weight is 401 g/mol. The van der Waals surface area contributed by atoms with Gasteiger partial charge in [0.2, 0.25) is 24.1 Å². The summed E-state index contributed by atoms with van der Waals surface area (Å²) in [5.74, 6) is -0.794. The molecular weight excluding hydrogens is 374 g/mol. The van der Waals surface area contributed by atoms with Crippen LogP contribution in [0.1, 0.15) is 12.0 Å². The predicted molar refractivity (Wildman–Crippen MR) is 107 cm³/mol. The maximum absolute atomic E-state index is 12.8. The molecule has 2 fully saturated rings. The monoisotopic (exact) mass is 401 g/mol. The van der Waals surface area contributed by atoms with Crippen molar-refractivity contribution in [1.82, 2.24) is 20.0 Å². The molecule has 2 N–H and O–H groups in total. The zero-order chi connectivity index (χ0) is 20.8. The zero-order valence-electron chi connectivity index (χ0n) is 16.6. The normalized spacial score (nSPS) is 20.2. The molecule has 0 radical (unpaired) electrons. The summed E-state index contributed by atoms with van der Waals surface area (Å²) in [6, 6.07) is 6.59. The van der Waals surface area contributed by atoms with Crippen molar-refractivity contribution >= 4 is 29.8 Å². The molecule has 2 aliphatic rings. The van der Waals surface area contributed by atoms with Gasteiger partial charge in [0, 0.05) is 45.0 Å². The van der Waals surface area contributed by atoms with Crippen molar-refractivity contribution in [2.45, 2.75) is 19.4 Å². The molecule has 3 rings (SSSR count). The molecule has 1 atom stereocenters. The third-order valence-electron chi connectivity index (χ3n) is 5.25. The summed E-state index contributed by atoms with van der Waals surface area (Å²) >= 11 is 0. The highest BCUT2D eigenvalue weighted by atomic mass is 16.2. The van der Waals surface area contributed by atoms with Gasteiger partial charge < -0.3 is 20.4 Å². The SMILES string of the molecule is Cc1cccc(NC(=O)C[C@@H]2C(=O)NCCN2C(=O)CN2CCN(C=O)CC2)c1. The molecule has 0 bridgehead atoms. The lowest BCUT2D eigenvalue weighted by atomic mass is 10.1. The molecule has 1 aromatic rings. The molecule has 29 heavy (non-hydrogen) atoms. The fourth-order valence-electron chi connectivity index (χ4n) is 3.64. The number of nitrogens with one attached hydrogen (secondary N) is 2. The van der Waals surface area contributed by atoms with Crippen LogP contribution in [0.5, 0.6) is 0 Å². The van der Waals surface area contributed by atoms with E-state index in [0.717, 1.165) is 12.0 Å². The Labute approximate surface area is 170 Å². The standard InChI is InChI=1S/C20H27N5O4/c1-15-3-2-4-16(11-15)22-18(27)12-17-20(29)21-5-6-25(17)19(28)13-23-7-9-24(14-26)10-8-23/h2-4,11,14,17H,5-10,12-13H2,1H3,(H,21,29)(H,22,27)/t17-/m1/s1. The Balaban J connectivity index is 1.59. The summed E-state index contributed by atoms with van der Waals surface area (Å²) in [4.78, 5) is 53.7. The molecule has 9 heteroatoms. The lowest BCUT2D eigenvalue weighted by molar-refractivity contribution is -0.145. The fourth-order valence-corrected chi connectivity index (χ4v) is 3.64.